The molecule has 0 aliphatic heterocycles. The maximum atomic E-state index is 11.6. The van der Waals surface area contributed by atoms with Crippen LogP contribution in [-0.4, -0.2) is 22.9 Å². The predicted octanol–water partition coefficient (Wildman–Crippen LogP) is 4.35. The lowest BCUT2D eigenvalue weighted by Crippen LogP contribution is -2.07. The van der Waals surface area contributed by atoms with E-state index in [-0.39, 0.29) is 5.78 Å². The van der Waals surface area contributed by atoms with Crippen molar-refractivity contribution in [3.8, 4) is 5.75 Å². The minimum atomic E-state index is 0.0247. The van der Waals surface area contributed by atoms with E-state index in [1.54, 1.807) is 20.1 Å². The summed E-state index contributed by atoms with van der Waals surface area (Å²) in [5.74, 6) is 2.02. The van der Waals surface area contributed by atoms with Crippen LogP contribution in [0.25, 0.3) is 0 Å². The van der Waals surface area contributed by atoms with Crippen LogP contribution in [0, 0.1) is 6.92 Å². The molecule has 138 valence electrons. The van der Waals surface area contributed by atoms with Crippen LogP contribution in [-0.2, 0) is 6.54 Å². The van der Waals surface area contributed by atoms with Crippen LogP contribution in [0.1, 0.15) is 28.5 Å². The number of rotatable bonds is 7. The van der Waals surface area contributed by atoms with E-state index < -0.39 is 0 Å². The number of nitrogens with zero attached hydrogens (tertiary/aromatic N) is 2. The monoisotopic (exact) mass is 362 g/mol. The average Bonchev–Trinajstić information content (AvgIpc) is 2.66. The summed E-state index contributed by atoms with van der Waals surface area (Å²) in [6.45, 7) is 4.01. The number of hydrogen-bond acceptors (Lipinski definition) is 6. The molecule has 0 saturated carbocycles. The molecule has 0 saturated heterocycles. The molecular weight excluding hydrogens is 340 g/mol. The zero-order chi connectivity index (χ0) is 19.2. The molecule has 6 heteroatoms. The van der Waals surface area contributed by atoms with E-state index in [0.29, 0.717) is 23.9 Å². The van der Waals surface area contributed by atoms with Crippen molar-refractivity contribution in [3.05, 3.63) is 71.4 Å². The fourth-order valence-corrected chi connectivity index (χ4v) is 2.70. The average molecular weight is 362 g/mol. The Hall–Kier alpha value is -3.41. The molecular formula is C21H22N4O2. The first-order valence-electron chi connectivity index (χ1n) is 8.64. The number of hydrogen-bond donors (Lipinski definition) is 2. The number of para-hydroxylation sites is 1. The molecule has 3 rings (SSSR count). The van der Waals surface area contributed by atoms with Crippen molar-refractivity contribution in [3.63, 3.8) is 0 Å². The highest BCUT2D eigenvalue weighted by molar-refractivity contribution is 5.95. The van der Waals surface area contributed by atoms with Gasteiger partial charge in [0.2, 0.25) is 5.95 Å². The zero-order valence-corrected chi connectivity index (χ0v) is 15.6. The van der Waals surface area contributed by atoms with Gasteiger partial charge in [-0.3, -0.25) is 4.79 Å². The molecule has 1 aromatic heterocycles. The first kappa shape index (κ1) is 18.4. The highest BCUT2D eigenvalue weighted by atomic mass is 16.5. The van der Waals surface area contributed by atoms with Gasteiger partial charge in [-0.15, -0.1) is 0 Å². The van der Waals surface area contributed by atoms with Gasteiger partial charge in [0, 0.05) is 35.1 Å². The number of carbonyl (C=O) groups excluding carboxylic acids is 1. The molecule has 0 bridgehead atoms. The lowest BCUT2D eigenvalue weighted by atomic mass is 10.1. The minimum absolute atomic E-state index is 0.0247. The summed E-state index contributed by atoms with van der Waals surface area (Å²) in [6, 6.07) is 17.0. The van der Waals surface area contributed by atoms with E-state index >= 15 is 0 Å². The lowest BCUT2D eigenvalue weighted by Gasteiger charge is -2.12. The summed E-state index contributed by atoms with van der Waals surface area (Å²) in [5.41, 5.74) is 3.31. The van der Waals surface area contributed by atoms with Crippen molar-refractivity contribution in [1.82, 2.24) is 9.97 Å². The number of ether oxygens (including phenoxy) is 1. The second-order valence-electron chi connectivity index (χ2n) is 6.15. The van der Waals surface area contributed by atoms with Crippen LogP contribution in [0.3, 0.4) is 0 Å². The second kappa shape index (κ2) is 8.31. The number of ketones is 1. The third-order valence-corrected chi connectivity index (χ3v) is 4.03. The van der Waals surface area contributed by atoms with Crippen molar-refractivity contribution in [2.24, 2.45) is 0 Å². The van der Waals surface area contributed by atoms with Crippen LogP contribution in [0.4, 0.5) is 17.5 Å². The van der Waals surface area contributed by atoms with E-state index in [1.165, 1.54) is 0 Å². The fraction of sp³-hybridized carbons (Fsp3) is 0.190. The van der Waals surface area contributed by atoms with Gasteiger partial charge >= 0.3 is 0 Å². The van der Waals surface area contributed by atoms with Gasteiger partial charge in [-0.2, -0.15) is 4.98 Å². The number of methoxy groups -OCH3 is 1. The topological polar surface area (TPSA) is 76.1 Å². The van der Waals surface area contributed by atoms with E-state index in [9.17, 15) is 4.79 Å². The highest BCUT2D eigenvalue weighted by Gasteiger charge is 2.06. The number of Topliss-reactive ketones (excluding diaryl/α,β-unsaturated/α-hetero) is 1. The summed E-state index contributed by atoms with van der Waals surface area (Å²) in [5, 5.41) is 6.47. The zero-order valence-electron chi connectivity index (χ0n) is 15.6. The molecule has 0 spiro atoms. The van der Waals surface area contributed by atoms with E-state index in [1.807, 2.05) is 55.5 Å². The van der Waals surface area contributed by atoms with E-state index in [0.717, 1.165) is 22.7 Å². The lowest BCUT2D eigenvalue weighted by molar-refractivity contribution is 0.101. The van der Waals surface area contributed by atoms with Gasteiger partial charge in [0.15, 0.2) is 5.78 Å². The summed E-state index contributed by atoms with van der Waals surface area (Å²) in [4.78, 5) is 20.5. The number of benzene rings is 2. The second-order valence-corrected chi connectivity index (χ2v) is 6.15. The molecule has 3 aromatic rings. The minimum Gasteiger partial charge on any atom is -0.496 e. The molecule has 27 heavy (non-hydrogen) atoms. The maximum Gasteiger partial charge on any atom is 0.225 e. The molecule has 0 unspecified atom stereocenters. The molecule has 0 aliphatic carbocycles. The Labute approximate surface area is 158 Å². The van der Waals surface area contributed by atoms with Crippen molar-refractivity contribution in [2.45, 2.75) is 20.4 Å². The van der Waals surface area contributed by atoms with Crippen molar-refractivity contribution >= 4 is 23.2 Å². The number of anilines is 3. The van der Waals surface area contributed by atoms with Crippen LogP contribution in [0.15, 0.2) is 54.6 Å². The summed E-state index contributed by atoms with van der Waals surface area (Å²) in [7, 11) is 1.65. The van der Waals surface area contributed by atoms with E-state index in [2.05, 4.69) is 20.6 Å². The Balaban J connectivity index is 1.76. The quantitative estimate of drug-likeness (QED) is 0.609. The number of aryl methyl sites for hydroxylation is 1. The molecule has 2 aromatic carbocycles. The molecule has 0 atom stereocenters. The normalized spacial score (nSPS) is 10.3. The molecule has 0 radical (unpaired) electrons. The number of carbonyl (C=O) groups is 1. The Morgan fingerprint density at radius 3 is 2.67 bits per heavy atom. The van der Waals surface area contributed by atoms with Gasteiger partial charge in [0.1, 0.15) is 11.6 Å². The van der Waals surface area contributed by atoms with Gasteiger partial charge < -0.3 is 15.4 Å². The predicted molar refractivity (Wildman–Crippen MR) is 107 cm³/mol. The SMILES string of the molecule is COc1ccccc1CNc1nc(C)cc(Nc2cccc(C(C)=O)c2)n1. The van der Waals surface area contributed by atoms with Gasteiger partial charge in [-0.25, -0.2) is 4.98 Å². The third kappa shape index (κ3) is 4.82. The molecule has 0 fully saturated rings. The Kier molecular flexibility index (Phi) is 5.66. The fourth-order valence-electron chi connectivity index (χ4n) is 2.70. The third-order valence-electron chi connectivity index (χ3n) is 4.03. The maximum absolute atomic E-state index is 11.6. The van der Waals surface area contributed by atoms with Crippen LogP contribution < -0.4 is 15.4 Å². The Morgan fingerprint density at radius 2 is 1.89 bits per heavy atom. The molecule has 0 aliphatic rings. The molecule has 1 heterocycles. The molecule has 2 N–H and O–H groups in total. The van der Waals surface area contributed by atoms with Crippen molar-refractivity contribution in [2.75, 3.05) is 17.7 Å². The smallest absolute Gasteiger partial charge is 0.225 e. The largest absolute Gasteiger partial charge is 0.496 e. The molecule has 0 amide bonds. The van der Waals surface area contributed by atoms with Gasteiger partial charge in [-0.05, 0) is 32.0 Å². The Bertz CT molecular complexity index is 956. The highest BCUT2D eigenvalue weighted by Crippen LogP contribution is 2.20. The summed E-state index contributed by atoms with van der Waals surface area (Å²) in [6.07, 6.45) is 0. The van der Waals surface area contributed by atoms with Gasteiger partial charge in [0.05, 0.1) is 7.11 Å². The van der Waals surface area contributed by atoms with Gasteiger partial charge in [0.25, 0.3) is 0 Å². The first-order chi connectivity index (χ1) is 13.0. The van der Waals surface area contributed by atoms with Crippen LogP contribution in [0.2, 0.25) is 0 Å². The summed E-state index contributed by atoms with van der Waals surface area (Å²) < 4.78 is 5.37. The summed E-state index contributed by atoms with van der Waals surface area (Å²) >= 11 is 0. The Morgan fingerprint density at radius 1 is 1.07 bits per heavy atom. The first-order valence-corrected chi connectivity index (χ1v) is 8.64. The van der Waals surface area contributed by atoms with Crippen LogP contribution in [0.5, 0.6) is 5.75 Å². The van der Waals surface area contributed by atoms with E-state index in [4.69, 9.17) is 4.74 Å². The standard InChI is InChI=1S/C21H22N4O2/c1-14-11-20(24-18-9-6-8-16(12-18)15(2)26)25-21(23-14)22-13-17-7-4-5-10-19(17)27-3/h4-12H,13H2,1-3H3,(H2,22,23,24,25). The number of aromatic nitrogens is 2. The van der Waals surface area contributed by atoms with Crippen LogP contribution >= 0.6 is 0 Å². The van der Waals surface area contributed by atoms with Gasteiger partial charge in [-0.1, -0.05) is 30.3 Å². The van der Waals surface area contributed by atoms with Crippen molar-refractivity contribution in [1.29, 1.82) is 0 Å². The molecule has 6 nitrogen and oxygen atoms in total. The number of nitrogens with one attached hydrogen (secondary N) is 2. The van der Waals surface area contributed by atoms with Crippen molar-refractivity contribution < 1.29 is 9.53 Å².